The number of aryl methyl sites for hydroxylation is 1. The first kappa shape index (κ1) is 16.5. The normalized spacial score (nSPS) is 9.50. The summed E-state index contributed by atoms with van der Waals surface area (Å²) in [6.07, 6.45) is 2.06. The number of amides is 1. The number of carbonyl (C=O) groups is 2. The molecule has 0 atom stereocenters. The van der Waals surface area contributed by atoms with Crippen molar-refractivity contribution < 1.29 is 14.3 Å². The van der Waals surface area contributed by atoms with Crippen molar-refractivity contribution in [3.63, 3.8) is 0 Å². The molecule has 2 N–H and O–H groups in total. The second-order valence-corrected chi connectivity index (χ2v) is 3.62. The van der Waals surface area contributed by atoms with Crippen LogP contribution in [0.2, 0.25) is 0 Å². The Balaban J connectivity index is 0.00000289. The number of carbonyl (C=O) groups excluding carboxylic acids is 2. The van der Waals surface area contributed by atoms with Crippen molar-refractivity contribution in [2.75, 3.05) is 26.0 Å². The largest absolute Gasteiger partial charge is 0.464 e. The van der Waals surface area contributed by atoms with Crippen LogP contribution in [-0.2, 0) is 16.6 Å². The number of methoxy groups -OCH3 is 1. The molecule has 0 spiro atoms. The topological polar surface area (TPSA) is 72.4 Å². The Labute approximate surface area is 112 Å². The van der Waals surface area contributed by atoms with Crippen LogP contribution in [0.3, 0.4) is 0 Å². The Kier molecular flexibility index (Phi) is 7.07. The van der Waals surface area contributed by atoms with Crippen LogP contribution in [0.15, 0.2) is 12.3 Å². The zero-order valence-electron chi connectivity index (χ0n) is 10.6. The van der Waals surface area contributed by atoms with E-state index in [0.717, 1.165) is 0 Å². The highest BCUT2D eigenvalue weighted by atomic mass is 35.5. The summed E-state index contributed by atoms with van der Waals surface area (Å²) in [6, 6.07) is 1.59. The first-order valence-corrected chi connectivity index (χ1v) is 5.27. The van der Waals surface area contributed by atoms with Gasteiger partial charge in [0.05, 0.1) is 12.8 Å². The van der Waals surface area contributed by atoms with E-state index < -0.39 is 5.97 Å². The van der Waals surface area contributed by atoms with Crippen LogP contribution in [0.4, 0.5) is 5.69 Å². The Morgan fingerprint density at radius 1 is 1.44 bits per heavy atom. The molecule has 1 amide bonds. The standard InChI is InChI=1S/C11H17N3O3.ClH/c1-12-5-4-10(15)13-8-6-9(11(16)17-3)14(2)7-8;/h6-7,12H,4-5H2,1-3H3,(H,13,15);1H. The van der Waals surface area contributed by atoms with Gasteiger partial charge in [0.25, 0.3) is 0 Å². The van der Waals surface area contributed by atoms with E-state index in [9.17, 15) is 9.59 Å². The molecule has 0 fully saturated rings. The van der Waals surface area contributed by atoms with Gasteiger partial charge in [-0.3, -0.25) is 4.79 Å². The van der Waals surface area contributed by atoms with Crippen molar-refractivity contribution in [1.82, 2.24) is 9.88 Å². The number of nitrogens with one attached hydrogen (secondary N) is 2. The van der Waals surface area contributed by atoms with Crippen molar-refractivity contribution >= 4 is 30.0 Å². The number of ether oxygens (including phenoxy) is 1. The molecule has 0 aromatic carbocycles. The second kappa shape index (κ2) is 7.73. The average Bonchev–Trinajstić information content (AvgIpc) is 2.66. The van der Waals surface area contributed by atoms with Crippen LogP contribution in [0.1, 0.15) is 16.9 Å². The molecule has 0 saturated heterocycles. The molecule has 1 heterocycles. The lowest BCUT2D eigenvalue weighted by Gasteiger charge is -2.01. The van der Waals surface area contributed by atoms with Gasteiger partial charge in [0.2, 0.25) is 5.91 Å². The van der Waals surface area contributed by atoms with E-state index in [1.54, 1.807) is 30.9 Å². The molecule has 0 saturated carbocycles. The highest BCUT2D eigenvalue weighted by Gasteiger charge is 2.12. The minimum absolute atomic E-state index is 0. The molecule has 1 aromatic heterocycles. The first-order valence-electron chi connectivity index (χ1n) is 5.27. The summed E-state index contributed by atoms with van der Waals surface area (Å²) in [5.41, 5.74) is 0.991. The number of nitrogens with zero attached hydrogens (tertiary/aromatic N) is 1. The fraction of sp³-hybridized carbons (Fsp3) is 0.455. The number of anilines is 1. The van der Waals surface area contributed by atoms with Gasteiger partial charge in [0, 0.05) is 26.2 Å². The van der Waals surface area contributed by atoms with Gasteiger partial charge in [-0.1, -0.05) is 0 Å². The van der Waals surface area contributed by atoms with E-state index in [-0.39, 0.29) is 18.3 Å². The van der Waals surface area contributed by atoms with Crippen LogP contribution in [0.25, 0.3) is 0 Å². The van der Waals surface area contributed by atoms with Gasteiger partial charge >= 0.3 is 5.97 Å². The maximum Gasteiger partial charge on any atom is 0.354 e. The van der Waals surface area contributed by atoms with Crippen molar-refractivity contribution in [2.45, 2.75) is 6.42 Å². The fourth-order valence-corrected chi connectivity index (χ4v) is 1.40. The molecule has 0 radical (unpaired) electrons. The average molecular weight is 276 g/mol. The van der Waals surface area contributed by atoms with E-state index in [0.29, 0.717) is 24.3 Å². The van der Waals surface area contributed by atoms with Gasteiger partial charge in [-0.25, -0.2) is 4.79 Å². The summed E-state index contributed by atoms with van der Waals surface area (Å²) in [6.45, 7) is 0.614. The van der Waals surface area contributed by atoms with Crippen LogP contribution >= 0.6 is 12.4 Å². The zero-order chi connectivity index (χ0) is 12.8. The van der Waals surface area contributed by atoms with Crippen molar-refractivity contribution in [1.29, 1.82) is 0 Å². The van der Waals surface area contributed by atoms with Gasteiger partial charge in [0.1, 0.15) is 5.69 Å². The predicted molar refractivity (Wildman–Crippen MR) is 71.2 cm³/mol. The van der Waals surface area contributed by atoms with Crippen LogP contribution in [0, 0.1) is 0 Å². The molecule has 1 aromatic rings. The summed E-state index contributed by atoms with van der Waals surface area (Å²) < 4.78 is 6.23. The summed E-state index contributed by atoms with van der Waals surface area (Å²) in [4.78, 5) is 22.8. The zero-order valence-corrected chi connectivity index (χ0v) is 11.5. The molecule has 6 nitrogen and oxygen atoms in total. The first-order chi connectivity index (χ1) is 8.08. The smallest absolute Gasteiger partial charge is 0.354 e. The Morgan fingerprint density at radius 2 is 2.11 bits per heavy atom. The molecule has 0 aliphatic rings. The summed E-state index contributed by atoms with van der Waals surface area (Å²) in [7, 11) is 4.82. The monoisotopic (exact) mass is 275 g/mol. The predicted octanol–water partition coefficient (Wildman–Crippen LogP) is 0.781. The van der Waals surface area contributed by atoms with E-state index in [4.69, 9.17) is 0 Å². The van der Waals surface area contributed by atoms with Crippen molar-refractivity contribution in [2.24, 2.45) is 7.05 Å². The Bertz CT molecular complexity index is 418. The number of rotatable bonds is 5. The third-order valence-corrected chi connectivity index (χ3v) is 2.29. The molecule has 1 rings (SSSR count). The Morgan fingerprint density at radius 3 is 2.67 bits per heavy atom. The third kappa shape index (κ3) is 4.38. The molecule has 0 aliphatic carbocycles. The highest BCUT2D eigenvalue weighted by molar-refractivity contribution is 5.94. The maximum absolute atomic E-state index is 11.5. The van der Waals surface area contributed by atoms with Gasteiger partial charge < -0.3 is 19.9 Å². The van der Waals surface area contributed by atoms with Crippen LogP contribution < -0.4 is 10.6 Å². The lowest BCUT2D eigenvalue weighted by atomic mass is 10.3. The Hall–Kier alpha value is -1.53. The summed E-state index contributed by atoms with van der Waals surface area (Å²) in [5.74, 6) is -0.524. The van der Waals surface area contributed by atoms with Gasteiger partial charge in [-0.15, -0.1) is 12.4 Å². The number of esters is 1. The molecular formula is C11H18ClN3O3. The fourth-order valence-electron chi connectivity index (χ4n) is 1.40. The molecule has 7 heteroatoms. The van der Waals surface area contributed by atoms with E-state index in [1.807, 2.05) is 0 Å². The molecular weight excluding hydrogens is 258 g/mol. The van der Waals surface area contributed by atoms with Gasteiger partial charge in [0.15, 0.2) is 0 Å². The maximum atomic E-state index is 11.5. The number of halogens is 1. The number of hydrogen-bond acceptors (Lipinski definition) is 4. The lowest BCUT2D eigenvalue weighted by molar-refractivity contribution is -0.116. The number of aromatic nitrogens is 1. The van der Waals surface area contributed by atoms with E-state index in [1.165, 1.54) is 7.11 Å². The molecule has 0 aliphatic heterocycles. The van der Waals surface area contributed by atoms with Crippen LogP contribution in [0.5, 0.6) is 0 Å². The molecule has 102 valence electrons. The third-order valence-electron chi connectivity index (χ3n) is 2.29. The van der Waals surface area contributed by atoms with Gasteiger partial charge in [-0.05, 0) is 13.1 Å². The lowest BCUT2D eigenvalue weighted by Crippen LogP contribution is -2.18. The molecule has 18 heavy (non-hydrogen) atoms. The second-order valence-electron chi connectivity index (χ2n) is 3.62. The summed E-state index contributed by atoms with van der Waals surface area (Å²) >= 11 is 0. The minimum atomic E-state index is -0.428. The SMILES string of the molecule is CNCCC(=O)Nc1cc(C(=O)OC)n(C)c1.Cl. The van der Waals surface area contributed by atoms with Crippen LogP contribution in [-0.4, -0.2) is 37.1 Å². The quantitative estimate of drug-likeness (QED) is 0.779. The van der Waals surface area contributed by atoms with Crippen molar-refractivity contribution in [3.8, 4) is 0 Å². The number of hydrogen-bond donors (Lipinski definition) is 2. The van der Waals surface area contributed by atoms with E-state index >= 15 is 0 Å². The highest BCUT2D eigenvalue weighted by Crippen LogP contribution is 2.13. The summed E-state index contributed by atoms with van der Waals surface area (Å²) in [5, 5.41) is 5.60. The minimum Gasteiger partial charge on any atom is -0.464 e. The van der Waals surface area contributed by atoms with Gasteiger partial charge in [-0.2, -0.15) is 0 Å². The van der Waals surface area contributed by atoms with Crippen molar-refractivity contribution in [3.05, 3.63) is 18.0 Å². The van der Waals surface area contributed by atoms with E-state index in [2.05, 4.69) is 15.4 Å². The molecule has 0 unspecified atom stereocenters. The molecule has 0 bridgehead atoms.